The lowest BCUT2D eigenvalue weighted by Crippen LogP contribution is -2.40. The van der Waals surface area contributed by atoms with E-state index in [1.165, 1.54) is 5.56 Å². The standard InChI is InChI=1S/C15H23NOS/c1-18-11-14(13-7-3-2-4-8-13)16-12-15(17)9-5-6-10-15/h2-4,7-8,14,16-17H,5-6,9-12H2,1H3. The minimum atomic E-state index is -0.467. The van der Waals surface area contributed by atoms with E-state index in [2.05, 4.69) is 35.8 Å². The molecule has 1 atom stereocenters. The van der Waals surface area contributed by atoms with Gasteiger partial charge in [0.1, 0.15) is 0 Å². The molecule has 3 heteroatoms. The molecule has 1 aliphatic rings. The molecule has 1 aromatic carbocycles. The normalized spacial score (nSPS) is 19.9. The van der Waals surface area contributed by atoms with Crippen LogP contribution >= 0.6 is 11.8 Å². The third kappa shape index (κ3) is 3.74. The van der Waals surface area contributed by atoms with Gasteiger partial charge >= 0.3 is 0 Å². The van der Waals surface area contributed by atoms with Gasteiger partial charge in [-0.25, -0.2) is 0 Å². The summed E-state index contributed by atoms with van der Waals surface area (Å²) >= 11 is 1.84. The maximum atomic E-state index is 10.4. The molecule has 0 heterocycles. The maximum Gasteiger partial charge on any atom is 0.0771 e. The second-order valence-corrected chi connectivity index (χ2v) is 6.14. The first-order valence-corrected chi connectivity index (χ1v) is 8.12. The molecule has 18 heavy (non-hydrogen) atoms. The van der Waals surface area contributed by atoms with E-state index in [0.29, 0.717) is 12.6 Å². The summed E-state index contributed by atoms with van der Waals surface area (Å²) in [6, 6.07) is 10.9. The van der Waals surface area contributed by atoms with Crippen molar-refractivity contribution in [3.8, 4) is 0 Å². The summed E-state index contributed by atoms with van der Waals surface area (Å²) in [4.78, 5) is 0. The van der Waals surface area contributed by atoms with Crippen LogP contribution < -0.4 is 5.32 Å². The van der Waals surface area contributed by atoms with Crippen molar-refractivity contribution >= 4 is 11.8 Å². The number of rotatable bonds is 6. The van der Waals surface area contributed by atoms with Gasteiger partial charge in [0.05, 0.1) is 5.60 Å². The van der Waals surface area contributed by atoms with Crippen molar-refractivity contribution in [3.05, 3.63) is 35.9 Å². The van der Waals surface area contributed by atoms with Gasteiger partial charge in [-0.05, 0) is 24.7 Å². The van der Waals surface area contributed by atoms with Crippen LogP contribution in [0.25, 0.3) is 0 Å². The number of benzene rings is 1. The summed E-state index contributed by atoms with van der Waals surface area (Å²) < 4.78 is 0. The predicted octanol–water partition coefficient (Wildman–Crippen LogP) is 2.99. The summed E-state index contributed by atoms with van der Waals surface area (Å²) in [5.74, 6) is 1.04. The molecule has 0 aromatic heterocycles. The number of hydrogen-bond donors (Lipinski definition) is 2. The van der Waals surface area contributed by atoms with Gasteiger partial charge in [-0.15, -0.1) is 0 Å². The molecule has 0 aliphatic heterocycles. The molecular weight excluding hydrogens is 242 g/mol. The first-order chi connectivity index (χ1) is 8.73. The van der Waals surface area contributed by atoms with E-state index < -0.39 is 5.60 Å². The molecule has 0 amide bonds. The van der Waals surface area contributed by atoms with Crippen molar-refractivity contribution in [3.63, 3.8) is 0 Å². The molecule has 0 spiro atoms. The maximum absolute atomic E-state index is 10.4. The average Bonchev–Trinajstić information content (AvgIpc) is 2.83. The highest BCUT2D eigenvalue weighted by Gasteiger charge is 2.31. The Balaban J connectivity index is 1.94. The second kappa shape index (κ2) is 6.60. The van der Waals surface area contributed by atoms with Crippen LogP contribution in [0, 0.1) is 0 Å². The Labute approximate surface area is 114 Å². The predicted molar refractivity (Wildman–Crippen MR) is 79.0 cm³/mol. The van der Waals surface area contributed by atoms with E-state index in [-0.39, 0.29) is 0 Å². The Kier molecular flexibility index (Phi) is 5.10. The van der Waals surface area contributed by atoms with Crippen LogP contribution in [0.4, 0.5) is 0 Å². The zero-order chi connectivity index (χ0) is 12.8. The van der Waals surface area contributed by atoms with Gasteiger partial charge in [-0.1, -0.05) is 43.2 Å². The van der Waals surface area contributed by atoms with Crippen LogP contribution in [-0.2, 0) is 0 Å². The zero-order valence-electron chi connectivity index (χ0n) is 11.1. The van der Waals surface area contributed by atoms with Gasteiger partial charge in [0.25, 0.3) is 0 Å². The van der Waals surface area contributed by atoms with E-state index in [0.717, 1.165) is 31.4 Å². The first kappa shape index (κ1) is 13.9. The van der Waals surface area contributed by atoms with Crippen LogP contribution in [0.15, 0.2) is 30.3 Å². The van der Waals surface area contributed by atoms with Crippen molar-refractivity contribution in [2.24, 2.45) is 0 Å². The van der Waals surface area contributed by atoms with Gasteiger partial charge in [0.2, 0.25) is 0 Å². The van der Waals surface area contributed by atoms with E-state index in [9.17, 15) is 5.11 Å². The van der Waals surface area contributed by atoms with Crippen LogP contribution in [0.5, 0.6) is 0 Å². The summed E-state index contributed by atoms with van der Waals surface area (Å²) in [6.07, 6.45) is 6.34. The van der Waals surface area contributed by atoms with Crippen LogP contribution in [-0.4, -0.2) is 29.3 Å². The monoisotopic (exact) mass is 265 g/mol. The quantitative estimate of drug-likeness (QED) is 0.829. The molecule has 0 radical (unpaired) electrons. The lowest BCUT2D eigenvalue weighted by atomic mass is 10.0. The Hall–Kier alpha value is -0.510. The van der Waals surface area contributed by atoms with Crippen LogP contribution in [0.3, 0.4) is 0 Å². The highest BCUT2D eigenvalue weighted by molar-refractivity contribution is 7.98. The van der Waals surface area contributed by atoms with Crippen molar-refractivity contribution in [1.82, 2.24) is 5.32 Å². The lowest BCUT2D eigenvalue weighted by molar-refractivity contribution is 0.0455. The van der Waals surface area contributed by atoms with Gasteiger partial charge in [-0.3, -0.25) is 0 Å². The molecule has 2 rings (SSSR count). The second-order valence-electron chi connectivity index (χ2n) is 5.23. The zero-order valence-corrected chi connectivity index (χ0v) is 11.9. The number of thioether (sulfide) groups is 1. The molecule has 1 aliphatic carbocycles. The largest absolute Gasteiger partial charge is 0.389 e. The molecular formula is C15H23NOS. The van der Waals surface area contributed by atoms with Crippen molar-refractivity contribution in [2.45, 2.75) is 37.3 Å². The summed E-state index contributed by atoms with van der Waals surface area (Å²) in [7, 11) is 0. The van der Waals surface area contributed by atoms with E-state index >= 15 is 0 Å². The number of nitrogens with one attached hydrogen (secondary N) is 1. The topological polar surface area (TPSA) is 32.3 Å². The fourth-order valence-corrected chi connectivity index (χ4v) is 3.29. The Morgan fingerprint density at radius 2 is 1.94 bits per heavy atom. The smallest absolute Gasteiger partial charge is 0.0771 e. The average molecular weight is 265 g/mol. The van der Waals surface area contributed by atoms with Crippen LogP contribution in [0.2, 0.25) is 0 Å². The number of aliphatic hydroxyl groups is 1. The summed E-state index contributed by atoms with van der Waals surface area (Å²) in [5.41, 5.74) is 0.847. The molecule has 2 N–H and O–H groups in total. The van der Waals surface area contributed by atoms with E-state index in [1.54, 1.807) is 0 Å². The molecule has 100 valence electrons. The van der Waals surface area contributed by atoms with E-state index in [4.69, 9.17) is 0 Å². The molecule has 1 unspecified atom stereocenters. The fraction of sp³-hybridized carbons (Fsp3) is 0.600. The molecule has 2 nitrogen and oxygen atoms in total. The molecule has 1 aromatic rings. The van der Waals surface area contributed by atoms with Crippen molar-refractivity contribution in [1.29, 1.82) is 0 Å². The fourth-order valence-electron chi connectivity index (χ4n) is 2.65. The van der Waals surface area contributed by atoms with Gasteiger partial charge in [-0.2, -0.15) is 11.8 Å². The van der Waals surface area contributed by atoms with Gasteiger partial charge < -0.3 is 10.4 Å². The molecule has 1 saturated carbocycles. The van der Waals surface area contributed by atoms with Gasteiger partial charge in [0.15, 0.2) is 0 Å². The van der Waals surface area contributed by atoms with Gasteiger partial charge in [0, 0.05) is 18.3 Å². The summed E-state index contributed by atoms with van der Waals surface area (Å²) in [5, 5.41) is 13.9. The lowest BCUT2D eigenvalue weighted by Gasteiger charge is -2.26. The summed E-state index contributed by atoms with van der Waals surface area (Å²) in [6.45, 7) is 0.715. The molecule has 0 bridgehead atoms. The van der Waals surface area contributed by atoms with Crippen molar-refractivity contribution < 1.29 is 5.11 Å². The number of hydrogen-bond acceptors (Lipinski definition) is 3. The highest BCUT2D eigenvalue weighted by Crippen LogP contribution is 2.29. The Morgan fingerprint density at radius 3 is 2.56 bits per heavy atom. The first-order valence-electron chi connectivity index (χ1n) is 6.73. The minimum absolute atomic E-state index is 0.339. The third-order valence-electron chi connectivity index (χ3n) is 3.75. The Morgan fingerprint density at radius 1 is 1.28 bits per heavy atom. The SMILES string of the molecule is CSCC(NCC1(O)CCCC1)c1ccccc1. The molecule has 0 saturated heterocycles. The Bertz CT molecular complexity index is 349. The third-order valence-corrected chi connectivity index (χ3v) is 4.41. The van der Waals surface area contributed by atoms with Crippen LogP contribution in [0.1, 0.15) is 37.3 Å². The molecule has 1 fully saturated rings. The minimum Gasteiger partial charge on any atom is -0.389 e. The van der Waals surface area contributed by atoms with Crippen molar-refractivity contribution in [2.75, 3.05) is 18.6 Å². The van der Waals surface area contributed by atoms with E-state index in [1.807, 2.05) is 17.8 Å². The highest BCUT2D eigenvalue weighted by atomic mass is 32.2.